The van der Waals surface area contributed by atoms with Gasteiger partial charge in [0.15, 0.2) is 11.5 Å². The summed E-state index contributed by atoms with van der Waals surface area (Å²) in [4.78, 5) is 43.4. The summed E-state index contributed by atoms with van der Waals surface area (Å²) in [5.74, 6) is 0.246. The minimum atomic E-state index is -0.145. The molecule has 0 aliphatic carbocycles. The molecule has 36 heavy (non-hydrogen) atoms. The second kappa shape index (κ2) is 15.4. The van der Waals surface area contributed by atoms with Gasteiger partial charge in [0, 0.05) is 32.6 Å². The second-order valence-corrected chi connectivity index (χ2v) is 9.56. The summed E-state index contributed by atoms with van der Waals surface area (Å²) in [5.41, 5.74) is 6.88. The number of nitrogens with two attached hydrogens (primary N) is 1. The van der Waals surface area contributed by atoms with Crippen LogP contribution in [-0.4, -0.2) is 88.0 Å². The molecule has 0 radical (unpaired) electrons. The molecule has 0 spiro atoms. The molecule has 0 unspecified atom stereocenters. The van der Waals surface area contributed by atoms with Crippen molar-refractivity contribution < 1.29 is 14.3 Å². The predicted octanol–water partition coefficient (Wildman–Crippen LogP) is 2.96. The van der Waals surface area contributed by atoms with Gasteiger partial charge in [-0.1, -0.05) is 51.4 Å². The predicted molar refractivity (Wildman–Crippen MR) is 140 cm³/mol. The number of H-pyrrole nitrogens is 1. The topological polar surface area (TPSA) is 142 Å². The minimum Gasteiger partial charge on any atom is -0.468 e. The van der Waals surface area contributed by atoms with Crippen LogP contribution in [0.1, 0.15) is 70.6 Å². The van der Waals surface area contributed by atoms with Gasteiger partial charge in [-0.3, -0.25) is 19.8 Å². The highest BCUT2D eigenvalue weighted by molar-refractivity contribution is 5.91. The first-order chi connectivity index (χ1) is 17.5. The van der Waals surface area contributed by atoms with E-state index in [1.807, 2.05) is 0 Å². The second-order valence-electron chi connectivity index (χ2n) is 9.56. The van der Waals surface area contributed by atoms with Crippen LogP contribution < -0.4 is 11.1 Å². The number of rotatable bonds is 16. The van der Waals surface area contributed by atoms with Crippen molar-refractivity contribution in [3.8, 4) is 0 Å². The molecule has 2 aromatic rings. The van der Waals surface area contributed by atoms with Crippen LogP contribution in [0.2, 0.25) is 0 Å². The molecule has 3 rings (SSSR count). The van der Waals surface area contributed by atoms with E-state index in [0.717, 1.165) is 52.0 Å². The maximum absolute atomic E-state index is 12.1. The van der Waals surface area contributed by atoms with Gasteiger partial charge in [0.2, 0.25) is 11.9 Å². The van der Waals surface area contributed by atoms with Crippen LogP contribution >= 0.6 is 0 Å². The number of ether oxygens (including phenoxy) is 1. The number of piperazine rings is 1. The summed E-state index contributed by atoms with van der Waals surface area (Å²) in [6.07, 6.45) is 14.0. The fourth-order valence-corrected chi connectivity index (χ4v) is 4.55. The normalized spacial score (nSPS) is 14.8. The highest BCUT2D eigenvalue weighted by Gasteiger charge is 2.18. The molecule has 1 aliphatic rings. The summed E-state index contributed by atoms with van der Waals surface area (Å²) in [6, 6.07) is 0. The van der Waals surface area contributed by atoms with E-state index in [9.17, 15) is 9.59 Å². The Morgan fingerprint density at radius 2 is 1.56 bits per heavy atom. The first kappa shape index (κ1) is 27.8. The number of anilines is 2. The number of fused-ring (bicyclic) bond motifs is 1. The Hall–Kier alpha value is -2.79. The molecule has 1 aliphatic heterocycles. The van der Waals surface area contributed by atoms with Crippen molar-refractivity contribution in [3.63, 3.8) is 0 Å². The molecule has 11 heteroatoms. The zero-order valence-corrected chi connectivity index (χ0v) is 21.6. The lowest BCUT2D eigenvalue weighted by molar-refractivity contribution is -0.142. The lowest BCUT2D eigenvalue weighted by Crippen LogP contribution is -2.48. The van der Waals surface area contributed by atoms with Crippen molar-refractivity contribution in [2.24, 2.45) is 0 Å². The monoisotopic (exact) mass is 502 g/mol. The molecule has 0 aromatic carbocycles. The number of hydrogen-bond donors (Lipinski definition) is 3. The fourth-order valence-electron chi connectivity index (χ4n) is 4.55. The van der Waals surface area contributed by atoms with Crippen LogP contribution in [0, 0.1) is 0 Å². The number of aromatic nitrogens is 4. The molecule has 2 aromatic heterocycles. The van der Waals surface area contributed by atoms with Gasteiger partial charge in [-0.25, -0.2) is 4.98 Å². The number of esters is 1. The number of imidazole rings is 1. The summed E-state index contributed by atoms with van der Waals surface area (Å²) in [6.45, 7) is 5.56. The van der Waals surface area contributed by atoms with Crippen LogP contribution in [-0.2, 0) is 14.3 Å². The summed E-state index contributed by atoms with van der Waals surface area (Å²) in [5, 5.41) is 2.71. The molecule has 1 amide bonds. The van der Waals surface area contributed by atoms with Gasteiger partial charge in [0.25, 0.3) is 0 Å². The van der Waals surface area contributed by atoms with Crippen LogP contribution in [0.5, 0.6) is 0 Å². The Morgan fingerprint density at radius 3 is 2.22 bits per heavy atom. The maximum atomic E-state index is 12.1. The molecular formula is C25H42N8O3. The van der Waals surface area contributed by atoms with Gasteiger partial charge in [-0.2, -0.15) is 9.97 Å². The lowest BCUT2D eigenvalue weighted by Gasteiger charge is -2.33. The van der Waals surface area contributed by atoms with E-state index in [1.165, 1.54) is 58.4 Å². The Morgan fingerprint density at radius 1 is 0.944 bits per heavy atom. The van der Waals surface area contributed by atoms with Crippen molar-refractivity contribution in [3.05, 3.63) is 6.33 Å². The van der Waals surface area contributed by atoms with Crippen LogP contribution in [0.15, 0.2) is 6.33 Å². The molecule has 0 saturated carbocycles. The zero-order valence-electron chi connectivity index (χ0n) is 21.6. The smallest absolute Gasteiger partial charge is 0.319 e. The average molecular weight is 503 g/mol. The fraction of sp³-hybridized carbons (Fsp3) is 0.720. The first-order valence-corrected chi connectivity index (χ1v) is 13.3. The zero-order chi connectivity index (χ0) is 25.6. The average Bonchev–Trinajstić information content (AvgIpc) is 3.35. The van der Waals surface area contributed by atoms with Crippen molar-refractivity contribution in [2.75, 3.05) is 57.4 Å². The number of nitrogen functional groups attached to an aromatic ring is 1. The number of nitrogens with zero attached hydrogens (tertiary/aromatic N) is 5. The first-order valence-electron chi connectivity index (χ1n) is 13.3. The molecule has 11 nitrogen and oxygen atoms in total. The van der Waals surface area contributed by atoms with Gasteiger partial charge in [0.05, 0.1) is 20.0 Å². The van der Waals surface area contributed by atoms with Crippen molar-refractivity contribution in [1.29, 1.82) is 0 Å². The highest BCUT2D eigenvalue weighted by atomic mass is 16.5. The SMILES string of the molecule is COC(=O)CN1CCN(CCCCCCCCCCCCC(=O)Nc2nc(N)c3[nH]cnc3n2)CC1. The number of carbonyl (C=O) groups excluding carboxylic acids is 2. The van der Waals surface area contributed by atoms with Crippen LogP contribution in [0.4, 0.5) is 11.8 Å². The van der Waals surface area contributed by atoms with E-state index in [2.05, 4.69) is 35.1 Å². The van der Waals surface area contributed by atoms with Gasteiger partial charge in [0.1, 0.15) is 5.52 Å². The number of carbonyl (C=O) groups is 2. The number of hydrogen-bond acceptors (Lipinski definition) is 9. The Bertz CT molecular complexity index is 943. The van der Waals surface area contributed by atoms with Gasteiger partial charge < -0.3 is 20.4 Å². The van der Waals surface area contributed by atoms with Gasteiger partial charge in [-0.05, 0) is 19.4 Å². The number of methoxy groups -OCH3 is 1. The van der Waals surface area contributed by atoms with Gasteiger partial charge >= 0.3 is 5.97 Å². The third-order valence-corrected chi connectivity index (χ3v) is 6.74. The van der Waals surface area contributed by atoms with Crippen LogP contribution in [0.3, 0.4) is 0 Å². The third kappa shape index (κ3) is 9.69. The summed E-state index contributed by atoms with van der Waals surface area (Å²) < 4.78 is 4.74. The number of nitrogens with one attached hydrogen (secondary N) is 2. The number of unbranched alkanes of at least 4 members (excludes halogenated alkanes) is 9. The molecular weight excluding hydrogens is 460 g/mol. The van der Waals surface area contributed by atoms with E-state index in [4.69, 9.17) is 10.5 Å². The largest absolute Gasteiger partial charge is 0.468 e. The van der Waals surface area contributed by atoms with Crippen molar-refractivity contribution >= 4 is 34.8 Å². The minimum absolute atomic E-state index is 0.0904. The van der Waals surface area contributed by atoms with Crippen molar-refractivity contribution in [1.82, 2.24) is 29.7 Å². The molecule has 4 N–H and O–H groups in total. The van der Waals surface area contributed by atoms with E-state index < -0.39 is 0 Å². The molecule has 1 fully saturated rings. The molecule has 1 saturated heterocycles. The Labute approximate surface area is 213 Å². The standard InChI is InChI=1S/C25H42N8O3/c1-36-21(35)18-33-16-14-32(15-17-33)13-11-9-7-5-3-2-4-6-8-10-12-20(34)29-25-30-23(26)22-24(31-25)28-19-27-22/h19H,2-18H2,1H3,(H4,26,27,28,29,30,31,34). The van der Waals surface area contributed by atoms with Crippen LogP contribution in [0.25, 0.3) is 11.2 Å². The summed E-state index contributed by atoms with van der Waals surface area (Å²) in [7, 11) is 1.45. The molecule has 3 heterocycles. The molecule has 200 valence electrons. The highest BCUT2D eigenvalue weighted by Crippen LogP contribution is 2.16. The Kier molecular flexibility index (Phi) is 11.9. The van der Waals surface area contributed by atoms with E-state index in [1.54, 1.807) is 0 Å². The maximum Gasteiger partial charge on any atom is 0.319 e. The Balaban J connectivity index is 1.10. The lowest BCUT2D eigenvalue weighted by atomic mass is 10.1. The number of aromatic amines is 1. The van der Waals surface area contributed by atoms with E-state index in [0.29, 0.717) is 24.1 Å². The van der Waals surface area contributed by atoms with Gasteiger partial charge in [-0.15, -0.1) is 0 Å². The molecule has 0 bridgehead atoms. The molecule has 0 atom stereocenters. The third-order valence-electron chi connectivity index (χ3n) is 6.74. The quantitative estimate of drug-likeness (QED) is 0.233. The van der Waals surface area contributed by atoms with Crippen molar-refractivity contribution in [2.45, 2.75) is 70.6 Å². The van der Waals surface area contributed by atoms with E-state index in [-0.39, 0.29) is 23.6 Å². The summed E-state index contributed by atoms with van der Waals surface area (Å²) >= 11 is 0. The van der Waals surface area contributed by atoms with E-state index >= 15 is 0 Å². The number of amides is 1.